The van der Waals surface area contributed by atoms with Crippen LogP contribution in [0.25, 0.3) is 11.3 Å². The maximum atomic E-state index is 8.81. The molecule has 0 atom stereocenters. The van der Waals surface area contributed by atoms with Crippen molar-refractivity contribution in [3.05, 3.63) is 42.6 Å². The summed E-state index contributed by atoms with van der Waals surface area (Å²) in [4.78, 5) is 12.0. The van der Waals surface area contributed by atoms with Crippen molar-refractivity contribution < 1.29 is 0 Å². The number of pyridine rings is 1. The van der Waals surface area contributed by atoms with Gasteiger partial charge in [0.05, 0.1) is 0 Å². The molecular weight excluding hydrogens is 176 g/mol. The highest BCUT2D eigenvalue weighted by Gasteiger charge is 2.05. The molecule has 2 heterocycles. The largest absolute Gasteiger partial charge is 0.264 e. The average molecular weight is 182 g/mol. The summed E-state index contributed by atoms with van der Waals surface area (Å²) >= 11 is 0. The number of aromatic nitrogens is 3. The molecule has 2 rings (SSSR count). The zero-order valence-electron chi connectivity index (χ0n) is 7.25. The summed E-state index contributed by atoms with van der Waals surface area (Å²) in [6, 6.07) is 5.63. The summed E-state index contributed by atoms with van der Waals surface area (Å²) in [6.07, 6.45) is 6.39. The molecule has 0 aromatic carbocycles. The number of rotatable bonds is 1. The first-order valence-electron chi connectivity index (χ1n) is 4.03. The van der Waals surface area contributed by atoms with E-state index in [0.29, 0.717) is 11.4 Å². The van der Waals surface area contributed by atoms with Gasteiger partial charge in [-0.05, 0) is 12.1 Å². The van der Waals surface area contributed by atoms with Crippen LogP contribution >= 0.6 is 0 Å². The van der Waals surface area contributed by atoms with Crippen molar-refractivity contribution in [2.75, 3.05) is 0 Å². The third kappa shape index (κ3) is 1.43. The Bertz CT molecular complexity index is 473. The lowest BCUT2D eigenvalue weighted by Gasteiger charge is -1.99. The van der Waals surface area contributed by atoms with Crippen LogP contribution in [0, 0.1) is 11.3 Å². The van der Waals surface area contributed by atoms with Gasteiger partial charge in [-0.25, -0.2) is 4.98 Å². The van der Waals surface area contributed by atoms with Crippen LogP contribution in [0.15, 0.2) is 36.9 Å². The summed E-state index contributed by atoms with van der Waals surface area (Å²) < 4.78 is 0. The fraction of sp³-hybridized carbons (Fsp3) is 0. The van der Waals surface area contributed by atoms with Gasteiger partial charge in [-0.3, -0.25) is 9.97 Å². The lowest BCUT2D eigenvalue weighted by molar-refractivity contribution is 1.16. The van der Waals surface area contributed by atoms with Crippen molar-refractivity contribution >= 4 is 0 Å². The first kappa shape index (κ1) is 8.32. The first-order valence-corrected chi connectivity index (χ1v) is 4.03. The third-order valence-corrected chi connectivity index (χ3v) is 1.74. The summed E-state index contributed by atoms with van der Waals surface area (Å²) in [6.45, 7) is 0. The summed E-state index contributed by atoms with van der Waals surface area (Å²) in [5.41, 5.74) is 1.70. The normalized spacial score (nSPS) is 9.36. The molecule has 4 heteroatoms. The predicted molar refractivity (Wildman–Crippen MR) is 50.0 cm³/mol. The van der Waals surface area contributed by atoms with Gasteiger partial charge in [-0.2, -0.15) is 5.26 Å². The highest BCUT2D eigenvalue weighted by Crippen LogP contribution is 2.16. The number of hydrogen-bond donors (Lipinski definition) is 0. The lowest BCUT2D eigenvalue weighted by Crippen LogP contribution is -1.91. The van der Waals surface area contributed by atoms with Gasteiger partial charge in [-0.1, -0.05) is 0 Å². The molecule has 2 aromatic heterocycles. The second-order valence-electron chi connectivity index (χ2n) is 2.61. The van der Waals surface area contributed by atoms with Gasteiger partial charge in [0.25, 0.3) is 0 Å². The molecule has 14 heavy (non-hydrogen) atoms. The van der Waals surface area contributed by atoms with Crippen LogP contribution in [0.5, 0.6) is 0 Å². The molecule has 0 aliphatic carbocycles. The standard InChI is InChI=1S/C10H6N4/c11-6-9-10(14-5-4-13-9)8-2-1-3-12-7-8/h1-5,7H. The number of hydrogen-bond acceptors (Lipinski definition) is 4. The highest BCUT2D eigenvalue weighted by atomic mass is 14.8. The Kier molecular flexibility index (Phi) is 2.15. The molecule has 0 aliphatic heterocycles. The molecule has 2 aromatic rings. The summed E-state index contributed by atoms with van der Waals surface area (Å²) in [5.74, 6) is 0. The minimum Gasteiger partial charge on any atom is -0.264 e. The van der Waals surface area contributed by atoms with Gasteiger partial charge in [0.2, 0.25) is 0 Å². The van der Waals surface area contributed by atoms with Gasteiger partial charge < -0.3 is 0 Å². The monoisotopic (exact) mass is 182 g/mol. The summed E-state index contributed by atoms with van der Waals surface area (Å²) in [5, 5.41) is 8.81. The van der Waals surface area contributed by atoms with Crippen molar-refractivity contribution in [1.82, 2.24) is 15.0 Å². The van der Waals surface area contributed by atoms with Gasteiger partial charge in [0, 0.05) is 30.4 Å². The van der Waals surface area contributed by atoms with E-state index < -0.39 is 0 Å². The van der Waals surface area contributed by atoms with Crippen LogP contribution in [0.1, 0.15) is 5.69 Å². The Morgan fingerprint density at radius 2 is 2.00 bits per heavy atom. The molecule has 0 aliphatic rings. The quantitative estimate of drug-likeness (QED) is 0.668. The number of nitrogens with zero attached hydrogens (tertiary/aromatic N) is 4. The minimum absolute atomic E-state index is 0.320. The van der Waals surface area contributed by atoms with E-state index >= 15 is 0 Å². The van der Waals surface area contributed by atoms with Gasteiger partial charge in [0.1, 0.15) is 11.8 Å². The lowest BCUT2D eigenvalue weighted by atomic mass is 10.2. The maximum absolute atomic E-state index is 8.81. The fourth-order valence-electron chi connectivity index (χ4n) is 1.13. The molecular formula is C10H6N4. The molecule has 0 saturated carbocycles. The van der Waals surface area contributed by atoms with Gasteiger partial charge in [-0.15, -0.1) is 0 Å². The van der Waals surface area contributed by atoms with E-state index in [1.54, 1.807) is 24.7 Å². The smallest absolute Gasteiger partial charge is 0.166 e. The molecule has 0 N–H and O–H groups in total. The fourth-order valence-corrected chi connectivity index (χ4v) is 1.13. The highest BCUT2D eigenvalue weighted by molar-refractivity contribution is 5.62. The van der Waals surface area contributed by atoms with Crippen LogP contribution in [0.3, 0.4) is 0 Å². The van der Waals surface area contributed by atoms with Gasteiger partial charge >= 0.3 is 0 Å². The van der Waals surface area contributed by atoms with Crippen LogP contribution in [-0.2, 0) is 0 Å². The molecule has 0 spiro atoms. The van der Waals surface area contributed by atoms with Crippen molar-refractivity contribution in [2.24, 2.45) is 0 Å². The van der Waals surface area contributed by atoms with E-state index in [2.05, 4.69) is 15.0 Å². The SMILES string of the molecule is N#Cc1nccnc1-c1cccnc1. The van der Waals surface area contributed by atoms with Crippen molar-refractivity contribution in [1.29, 1.82) is 5.26 Å². The van der Waals surface area contributed by atoms with Crippen LogP contribution < -0.4 is 0 Å². The summed E-state index contributed by atoms with van der Waals surface area (Å²) in [7, 11) is 0. The van der Waals surface area contributed by atoms with Crippen LogP contribution in [0.4, 0.5) is 0 Å². The molecule has 0 unspecified atom stereocenters. The van der Waals surface area contributed by atoms with Crippen LogP contribution in [0.2, 0.25) is 0 Å². The molecule has 0 radical (unpaired) electrons. The maximum Gasteiger partial charge on any atom is 0.166 e. The van der Waals surface area contributed by atoms with E-state index in [9.17, 15) is 0 Å². The Morgan fingerprint density at radius 1 is 1.14 bits per heavy atom. The van der Waals surface area contributed by atoms with Crippen LogP contribution in [-0.4, -0.2) is 15.0 Å². The minimum atomic E-state index is 0.320. The van der Waals surface area contributed by atoms with Crippen molar-refractivity contribution in [2.45, 2.75) is 0 Å². The molecule has 0 bridgehead atoms. The van der Waals surface area contributed by atoms with E-state index in [1.807, 2.05) is 12.1 Å². The Morgan fingerprint density at radius 3 is 2.71 bits per heavy atom. The van der Waals surface area contributed by atoms with Crippen molar-refractivity contribution in [3.63, 3.8) is 0 Å². The zero-order chi connectivity index (χ0) is 9.80. The Hall–Kier alpha value is -2.28. The second kappa shape index (κ2) is 3.62. The topological polar surface area (TPSA) is 62.5 Å². The van der Waals surface area contributed by atoms with E-state index in [4.69, 9.17) is 5.26 Å². The zero-order valence-corrected chi connectivity index (χ0v) is 7.25. The van der Waals surface area contributed by atoms with E-state index in [-0.39, 0.29) is 0 Å². The molecule has 0 saturated heterocycles. The third-order valence-electron chi connectivity index (χ3n) is 1.74. The molecule has 0 fully saturated rings. The average Bonchev–Trinajstić information content (AvgIpc) is 2.30. The Labute approximate surface area is 80.9 Å². The molecule has 66 valence electrons. The van der Waals surface area contributed by atoms with Crippen molar-refractivity contribution in [3.8, 4) is 17.3 Å². The second-order valence-corrected chi connectivity index (χ2v) is 2.61. The molecule has 4 nitrogen and oxygen atoms in total. The van der Waals surface area contributed by atoms with E-state index in [0.717, 1.165) is 5.56 Å². The predicted octanol–water partition coefficient (Wildman–Crippen LogP) is 1.41. The number of nitriles is 1. The van der Waals surface area contributed by atoms with Gasteiger partial charge in [0.15, 0.2) is 5.69 Å². The Balaban J connectivity index is 2.58. The molecule has 0 amide bonds. The first-order chi connectivity index (χ1) is 6.92. The van der Waals surface area contributed by atoms with E-state index in [1.165, 1.54) is 6.20 Å².